The van der Waals surface area contributed by atoms with Gasteiger partial charge in [0, 0.05) is 30.8 Å². The molecule has 114 valence electrons. The van der Waals surface area contributed by atoms with E-state index in [1.807, 2.05) is 0 Å². The van der Waals surface area contributed by atoms with Gasteiger partial charge in [-0.15, -0.1) is 10.2 Å². The third-order valence-corrected chi connectivity index (χ3v) is 3.98. The highest BCUT2D eigenvalue weighted by atomic mass is 32.2. The molecular formula is C14H19N3O3S. The number of nitrogens with one attached hydrogen (secondary N) is 1. The number of hydrogen-bond acceptors (Lipinski definition) is 6. The lowest BCUT2D eigenvalue weighted by molar-refractivity contribution is 0.484. The summed E-state index contributed by atoms with van der Waals surface area (Å²) in [6, 6.07) is 6.90. The van der Waals surface area contributed by atoms with Gasteiger partial charge in [0.25, 0.3) is 0 Å². The van der Waals surface area contributed by atoms with E-state index in [2.05, 4.69) is 29.4 Å². The van der Waals surface area contributed by atoms with Crippen molar-refractivity contribution in [2.45, 2.75) is 31.2 Å². The summed E-state index contributed by atoms with van der Waals surface area (Å²) in [5.74, 6) is 0.864. The Morgan fingerprint density at radius 3 is 2.71 bits per heavy atom. The molecule has 0 unspecified atom stereocenters. The Labute approximate surface area is 124 Å². The van der Waals surface area contributed by atoms with Crippen LogP contribution in [0.5, 0.6) is 0 Å². The number of hydrogen-bond donors (Lipinski definition) is 1. The van der Waals surface area contributed by atoms with Crippen molar-refractivity contribution in [3.05, 3.63) is 30.2 Å². The topological polar surface area (TPSA) is 85.1 Å². The highest BCUT2D eigenvalue weighted by Crippen LogP contribution is 2.21. The molecule has 1 N–H and O–H groups in total. The lowest BCUT2D eigenvalue weighted by Gasteiger charge is -2.04. The maximum Gasteiger partial charge on any atom is 0.247 e. The van der Waals surface area contributed by atoms with Crippen molar-refractivity contribution < 1.29 is 12.8 Å². The standard InChI is InChI=1S/C14H19N3O3S/c1-10(2)15-8-7-13-16-17-14(20-13)11-5-4-6-12(9-11)21(3,18)19/h4-6,9-10,15H,7-8H2,1-3H3. The van der Waals surface area contributed by atoms with Crippen LogP contribution in [0.4, 0.5) is 0 Å². The van der Waals surface area contributed by atoms with Gasteiger partial charge in [-0.1, -0.05) is 19.9 Å². The first-order valence-electron chi connectivity index (χ1n) is 6.72. The summed E-state index contributed by atoms with van der Waals surface area (Å²) in [4.78, 5) is 0.237. The average Bonchev–Trinajstić information content (AvgIpc) is 2.86. The van der Waals surface area contributed by atoms with Crippen LogP contribution >= 0.6 is 0 Å². The minimum Gasteiger partial charge on any atom is -0.421 e. The summed E-state index contributed by atoms with van der Waals surface area (Å²) in [7, 11) is -3.25. The molecule has 2 aromatic rings. The fourth-order valence-electron chi connectivity index (χ4n) is 1.80. The summed E-state index contributed by atoms with van der Waals surface area (Å²) >= 11 is 0. The molecule has 1 aromatic heterocycles. The van der Waals surface area contributed by atoms with Gasteiger partial charge < -0.3 is 9.73 Å². The lowest BCUT2D eigenvalue weighted by Crippen LogP contribution is -2.25. The fourth-order valence-corrected chi connectivity index (χ4v) is 2.47. The molecule has 0 aliphatic heterocycles. The first kappa shape index (κ1) is 15.7. The van der Waals surface area contributed by atoms with Gasteiger partial charge in [-0.05, 0) is 18.2 Å². The van der Waals surface area contributed by atoms with E-state index in [4.69, 9.17) is 4.42 Å². The van der Waals surface area contributed by atoms with Crippen LogP contribution in [-0.4, -0.2) is 37.5 Å². The van der Waals surface area contributed by atoms with Gasteiger partial charge in [-0.2, -0.15) is 0 Å². The number of aromatic nitrogens is 2. The molecule has 1 aromatic carbocycles. The van der Waals surface area contributed by atoms with Gasteiger partial charge in [0.05, 0.1) is 4.90 Å². The van der Waals surface area contributed by atoms with E-state index in [0.29, 0.717) is 29.8 Å². The Bertz CT molecular complexity index is 708. The highest BCUT2D eigenvalue weighted by molar-refractivity contribution is 7.90. The largest absolute Gasteiger partial charge is 0.421 e. The first-order chi connectivity index (χ1) is 9.86. The van der Waals surface area contributed by atoms with Crippen molar-refractivity contribution in [1.29, 1.82) is 0 Å². The summed E-state index contributed by atoms with van der Waals surface area (Å²) in [6.07, 6.45) is 1.81. The molecule has 0 saturated carbocycles. The Kier molecular flexibility index (Phi) is 4.74. The quantitative estimate of drug-likeness (QED) is 0.874. The van der Waals surface area contributed by atoms with Crippen molar-refractivity contribution in [3.8, 4) is 11.5 Å². The molecule has 0 aliphatic rings. The van der Waals surface area contributed by atoms with Gasteiger partial charge >= 0.3 is 0 Å². The second kappa shape index (κ2) is 6.36. The van der Waals surface area contributed by atoms with Gasteiger partial charge in [0.15, 0.2) is 9.84 Å². The first-order valence-corrected chi connectivity index (χ1v) is 8.61. The number of benzene rings is 1. The van der Waals surface area contributed by atoms with Crippen LogP contribution in [0.25, 0.3) is 11.5 Å². The van der Waals surface area contributed by atoms with Crippen LogP contribution in [0.3, 0.4) is 0 Å². The zero-order valence-electron chi connectivity index (χ0n) is 12.3. The second-order valence-corrected chi connectivity index (χ2v) is 7.18. The molecule has 21 heavy (non-hydrogen) atoms. The lowest BCUT2D eigenvalue weighted by atomic mass is 10.2. The molecule has 7 heteroatoms. The Hall–Kier alpha value is -1.73. The van der Waals surface area contributed by atoms with E-state index in [1.54, 1.807) is 24.3 Å². The number of rotatable bonds is 6. The molecule has 0 fully saturated rings. The highest BCUT2D eigenvalue weighted by Gasteiger charge is 2.12. The van der Waals surface area contributed by atoms with Crippen LogP contribution in [0.15, 0.2) is 33.6 Å². The summed E-state index contributed by atoms with van der Waals surface area (Å²) in [5, 5.41) is 11.2. The molecule has 0 spiro atoms. The zero-order valence-corrected chi connectivity index (χ0v) is 13.1. The molecule has 1 heterocycles. The van der Waals surface area contributed by atoms with Gasteiger partial charge in [-0.25, -0.2) is 8.42 Å². The normalized spacial score (nSPS) is 12.0. The molecule has 0 atom stereocenters. The Balaban J connectivity index is 2.14. The van der Waals surface area contributed by atoms with Crippen molar-refractivity contribution in [1.82, 2.24) is 15.5 Å². The minimum absolute atomic E-state index is 0.237. The molecule has 0 aliphatic carbocycles. The summed E-state index contributed by atoms with van der Waals surface area (Å²) in [6.45, 7) is 4.88. The predicted octanol–water partition coefficient (Wildman–Crippen LogP) is 1.68. The van der Waals surface area contributed by atoms with Crippen LogP contribution < -0.4 is 5.32 Å². The number of nitrogens with zero attached hydrogens (tertiary/aromatic N) is 2. The van der Waals surface area contributed by atoms with Crippen molar-refractivity contribution >= 4 is 9.84 Å². The van der Waals surface area contributed by atoms with E-state index in [9.17, 15) is 8.42 Å². The third-order valence-electron chi connectivity index (χ3n) is 2.87. The molecule has 0 radical (unpaired) electrons. The Morgan fingerprint density at radius 1 is 1.29 bits per heavy atom. The fraction of sp³-hybridized carbons (Fsp3) is 0.429. The van der Waals surface area contributed by atoms with Crippen LogP contribution in [0, 0.1) is 0 Å². The molecule has 0 saturated heterocycles. The SMILES string of the molecule is CC(C)NCCc1nnc(-c2cccc(S(C)(=O)=O)c2)o1. The second-order valence-electron chi connectivity index (χ2n) is 5.16. The van der Waals surface area contributed by atoms with E-state index in [-0.39, 0.29) is 4.90 Å². The third kappa shape index (κ3) is 4.37. The van der Waals surface area contributed by atoms with E-state index in [1.165, 1.54) is 6.26 Å². The van der Waals surface area contributed by atoms with E-state index < -0.39 is 9.84 Å². The van der Waals surface area contributed by atoms with Gasteiger partial charge in [0.2, 0.25) is 11.8 Å². The van der Waals surface area contributed by atoms with E-state index >= 15 is 0 Å². The molecule has 0 bridgehead atoms. The molecule has 2 rings (SSSR count). The van der Waals surface area contributed by atoms with Crippen molar-refractivity contribution in [2.75, 3.05) is 12.8 Å². The number of sulfone groups is 1. The molecule has 6 nitrogen and oxygen atoms in total. The minimum atomic E-state index is -3.25. The van der Waals surface area contributed by atoms with E-state index in [0.717, 1.165) is 6.54 Å². The molecular weight excluding hydrogens is 290 g/mol. The monoisotopic (exact) mass is 309 g/mol. The van der Waals surface area contributed by atoms with Gasteiger partial charge in [0.1, 0.15) is 0 Å². The zero-order chi connectivity index (χ0) is 15.5. The average molecular weight is 309 g/mol. The van der Waals surface area contributed by atoms with Crippen molar-refractivity contribution in [2.24, 2.45) is 0 Å². The van der Waals surface area contributed by atoms with Crippen LogP contribution in [0.1, 0.15) is 19.7 Å². The summed E-state index contributed by atoms with van der Waals surface area (Å²) < 4.78 is 28.7. The summed E-state index contributed by atoms with van der Waals surface area (Å²) in [5.41, 5.74) is 0.605. The smallest absolute Gasteiger partial charge is 0.247 e. The maximum atomic E-state index is 11.6. The van der Waals surface area contributed by atoms with Crippen molar-refractivity contribution in [3.63, 3.8) is 0 Å². The Morgan fingerprint density at radius 2 is 2.05 bits per heavy atom. The molecule has 0 amide bonds. The predicted molar refractivity (Wildman–Crippen MR) is 79.7 cm³/mol. The van der Waals surface area contributed by atoms with Gasteiger partial charge in [-0.3, -0.25) is 0 Å². The van der Waals surface area contributed by atoms with Crippen LogP contribution in [-0.2, 0) is 16.3 Å². The van der Waals surface area contributed by atoms with Crippen LogP contribution in [0.2, 0.25) is 0 Å². The maximum absolute atomic E-state index is 11.6.